The highest BCUT2D eigenvalue weighted by molar-refractivity contribution is 7.90. The summed E-state index contributed by atoms with van der Waals surface area (Å²) >= 11 is 0. The quantitative estimate of drug-likeness (QED) is 0.358. The predicted molar refractivity (Wildman–Crippen MR) is 129 cm³/mol. The first kappa shape index (κ1) is 22.1. The van der Waals surface area contributed by atoms with Crippen LogP contribution in [0.4, 0.5) is 0 Å². The normalized spacial score (nSPS) is 12.9. The molecule has 5 rings (SSSR count). The summed E-state index contributed by atoms with van der Waals surface area (Å²) in [6.45, 7) is 2.48. The summed E-state index contributed by atoms with van der Waals surface area (Å²) < 4.78 is 38.6. The molecule has 1 N–H and O–H groups in total. The Balaban J connectivity index is 1.36. The summed E-state index contributed by atoms with van der Waals surface area (Å²) in [5, 5.41) is 0.673. The third-order valence-electron chi connectivity index (χ3n) is 5.65. The maximum absolute atomic E-state index is 13.1. The predicted octanol–water partition coefficient (Wildman–Crippen LogP) is 4.31. The fourth-order valence-electron chi connectivity index (χ4n) is 3.87. The molecular formula is C25H24N4O4S. The molecule has 0 saturated heterocycles. The van der Waals surface area contributed by atoms with Crippen LogP contribution in [0.5, 0.6) is 5.75 Å². The van der Waals surface area contributed by atoms with Crippen molar-refractivity contribution >= 4 is 32.1 Å². The Morgan fingerprint density at radius 1 is 1.06 bits per heavy atom. The number of benzene rings is 2. The number of hydrogen-bond acceptors (Lipinski definition) is 6. The van der Waals surface area contributed by atoms with Crippen molar-refractivity contribution in [3.05, 3.63) is 84.4 Å². The SMILES string of the molecule is COc1ccc(COC(C)Cc2nc3c(cnc4c3ccn4S(=O)(=O)c3ccccc3)[nH]2)cc1. The molecule has 0 aliphatic heterocycles. The highest BCUT2D eigenvalue weighted by Crippen LogP contribution is 2.26. The minimum absolute atomic E-state index is 0.0748. The minimum atomic E-state index is -3.75. The summed E-state index contributed by atoms with van der Waals surface area (Å²) in [4.78, 5) is 12.6. The summed E-state index contributed by atoms with van der Waals surface area (Å²) in [7, 11) is -2.11. The van der Waals surface area contributed by atoms with Crippen LogP contribution in [0.25, 0.3) is 22.1 Å². The average molecular weight is 477 g/mol. The van der Waals surface area contributed by atoms with Crippen LogP contribution < -0.4 is 4.74 Å². The molecule has 3 aromatic heterocycles. The van der Waals surface area contributed by atoms with Gasteiger partial charge in [0.1, 0.15) is 17.1 Å². The summed E-state index contributed by atoms with van der Waals surface area (Å²) in [6.07, 6.45) is 3.65. The first-order valence-electron chi connectivity index (χ1n) is 10.9. The summed E-state index contributed by atoms with van der Waals surface area (Å²) in [5.41, 5.74) is 2.84. The number of aromatic amines is 1. The molecule has 3 heterocycles. The molecule has 0 aliphatic carbocycles. The summed E-state index contributed by atoms with van der Waals surface area (Å²) in [6, 6.07) is 17.8. The van der Waals surface area contributed by atoms with E-state index in [1.807, 2.05) is 31.2 Å². The van der Waals surface area contributed by atoms with Gasteiger partial charge in [-0.25, -0.2) is 22.4 Å². The van der Waals surface area contributed by atoms with E-state index in [-0.39, 0.29) is 11.0 Å². The highest BCUT2D eigenvalue weighted by atomic mass is 32.2. The number of imidazole rings is 1. The molecule has 1 atom stereocenters. The fraction of sp³-hybridized carbons (Fsp3) is 0.200. The van der Waals surface area contributed by atoms with Crippen LogP contribution in [0.3, 0.4) is 0 Å². The monoisotopic (exact) mass is 476 g/mol. The van der Waals surface area contributed by atoms with Gasteiger partial charge in [0.05, 0.1) is 36.4 Å². The molecule has 0 saturated carbocycles. The van der Waals surface area contributed by atoms with Crippen molar-refractivity contribution in [2.24, 2.45) is 0 Å². The van der Waals surface area contributed by atoms with Crippen LogP contribution in [-0.4, -0.2) is 40.6 Å². The number of pyridine rings is 1. The van der Waals surface area contributed by atoms with E-state index in [2.05, 4.69) is 9.97 Å². The van der Waals surface area contributed by atoms with E-state index in [0.29, 0.717) is 29.6 Å². The number of H-pyrrole nitrogens is 1. The number of methoxy groups -OCH3 is 1. The molecule has 0 aliphatic rings. The van der Waals surface area contributed by atoms with Crippen molar-refractivity contribution in [3.8, 4) is 5.75 Å². The lowest BCUT2D eigenvalue weighted by atomic mass is 10.2. The van der Waals surface area contributed by atoms with Gasteiger partial charge >= 0.3 is 0 Å². The second kappa shape index (κ2) is 8.92. The fourth-order valence-corrected chi connectivity index (χ4v) is 5.19. The van der Waals surface area contributed by atoms with Gasteiger partial charge in [-0.3, -0.25) is 0 Å². The van der Waals surface area contributed by atoms with Crippen molar-refractivity contribution < 1.29 is 17.9 Å². The van der Waals surface area contributed by atoms with E-state index in [0.717, 1.165) is 22.7 Å². The lowest BCUT2D eigenvalue weighted by Gasteiger charge is -2.12. The van der Waals surface area contributed by atoms with Gasteiger partial charge in [0.15, 0.2) is 5.65 Å². The lowest BCUT2D eigenvalue weighted by molar-refractivity contribution is 0.0524. The lowest BCUT2D eigenvalue weighted by Crippen LogP contribution is -2.12. The zero-order chi connectivity index (χ0) is 23.7. The molecule has 34 heavy (non-hydrogen) atoms. The topological polar surface area (TPSA) is 99.1 Å². The van der Waals surface area contributed by atoms with Crippen molar-refractivity contribution in [2.75, 3.05) is 7.11 Å². The third kappa shape index (κ3) is 4.15. The van der Waals surface area contributed by atoms with Gasteiger partial charge in [-0.05, 0) is 42.8 Å². The van der Waals surface area contributed by atoms with Crippen LogP contribution in [-0.2, 0) is 27.8 Å². The molecule has 0 fully saturated rings. The first-order valence-corrected chi connectivity index (χ1v) is 12.3. The van der Waals surface area contributed by atoms with Gasteiger partial charge in [0.25, 0.3) is 10.0 Å². The van der Waals surface area contributed by atoms with Crippen LogP contribution in [0, 0.1) is 0 Å². The van der Waals surface area contributed by atoms with Crippen molar-refractivity contribution in [2.45, 2.75) is 31.0 Å². The maximum Gasteiger partial charge on any atom is 0.269 e. The number of nitrogens with zero attached hydrogens (tertiary/aromatic N) is 3. The molecule has 0 bridgehead atoms. The van der Waals surface area contributed by atoms with Gasteiger partial charge < -0.3 is 14.5 Å². The van der Waals surface area contributed by atoms with E-state index in [9.17, 15) is 8.42 Å². The Morgan fingerprint density at radius 3 is 2.56 bits per heavy atom. The number of ether oxygens (including phenoxy) is 2. The Hall–Kier alpha value is -3.69. The van der Waals surface area contributed by atoms with Crippen molar-refractivity contribution in [3.63, 3.8) is 0 Å². The average Bonchev–Trinajstić information content (AvgIpc) is 3.47. The van der Waals surface area contributed by atoms with E-state index in [4.69, 9.17) is 14.5 Å². The van der Waals surface area contributed by atoms with E-state index in [1.54, 1.807) is 49.7 Å². The molecule has 8 nitrogen and oxygen atoms in total. The molecule has 9 heteroatoms. The Kier molecular flexibility index (Phi) is 5.80. The number of aromatic nitrogens is 4. The third-order valence-corrected chi connectivity index (χ3v) is 7.33. The largest absolute Gasteiger partial charge is 0.497 e. The Bertz CT molecular complexity index is 1540. The Labute approximate surface area is 197 Å². The van der Waals surface area contributed by atoms with Crippen LogP contribution >= 0.6 is 0 Å². The molecule has 5 aromatic rings. The van der Waals surface area contributed by atoms with Gasteiger partial charge in [0.2, 0.25) is 0 Å². The molecule has 174 valence electrons. The van der Waals surface area contributed by atoms with Crippen molar-refractivity contribution in [1.82, 2.24) is 18.9 Å². The smallest absolute Gasteiger partial charge is 0.269 e. The van der Waals surface area contributed by atoms with Crippen LogP contribution in [0.2, 0.25) is 0 Å². The van der Waals surface area contributed by atoms with Crippen molar-refractivity contribution in [1.29, 1.82) is 0 Å². The maximum atomic E-state index is 13.1. The highest BCUT2D eigenvalue weighted by Gasteiger charge is 2.21. The van der Waals surface area contributed by atoms with Gasteiger partial charge in [-0.15, -0.1) is 0 Å². The van der Waals surface area contributed by atoms with Gasteiger partial charge in [-0.2, -0.15) is 0 Å². The van der Waals surface area contributed by atoms with Crippen LogP contribution in [0.1, 0.15) is 18.3 Å². The second-order valence-electron chi connectivity index (χ2n) is 8.04. The van der Waals surface area contributed by atoms with E-state index in [1.165, 1.54) is 10.2 Å². The molecule has 0 radical (unpaired) electrons. The van der Waals surface area contributed by atoms with E-state index >= 15 is 0 Å². The zero-order valence-electron chi connectivity index (χ0n) is 18.8. The number of fused-ring (bicyclic) bond motifs is 3. The number of rotatable bonds is 8. The summed E-state index contributed by atoms with van der Waals surface area (Å²) in [5.74, 6) is 1.56. The molecule has 0 amide bonds. The molecule has 0 spiro atoms. The van der Waals surface area contributed by atoms with E-state index < -0.39 is 10.0 Å². The molecular weight excluding hydrogens is 452 g/mol. The number of hydrogen-bond donors (Lipinski definition) is 1. The zero-order valence-corrected chi connectivity index (χ0v) is 19.6. The molecule has 1 unspecified atom stereocenters. The number of nitrogens with one attached hydrogen (secondary N) is 1. The van der Waals surface area contributed by atoms with Gasteiger partial charge in [-0.1, -0.05) is 30.3 Å². The molecule has 2 aromatic carbocycles. The Morgan fingerprint density at radius 2 is 1.82 bits per heavy atom. The van der Waals surface area contributed by atoms with Crippen LogP contribution in [0.15, 0.2) is 78.0 Å². The first-order chi connectivity index (χ1) is 16.5. The van der Waals surface area contributed by atoms with Gasteiger partial charge in [0, 0.05) is 18.0 Å². The standard InChI is InChI=1S/C25H24N4O4S/c1-17(33-16-18-8-10-19(32-2)11-9-18)14-23-27-22-15-26-25-21(24(22)28-23)12-13-29(25)34(30,31)20-6-4-3-5-7-20/h3-13,15,17H,14,16H2,1-2H3,(H,27,28). The second-order valence-corrected chi connectivity index (χ2v) is 9.86. The minimum Gasteiger partial charge on any atom is -0.497 e.